The molecule has 0 aromatic rings. The number of rotatable bonds is 0. The summed E-state index contributed by atoms with van der Waals surface area (Å²) in [4.78, 5) is 0. The van der Waals surface area contributed by atoms with Crippen molar-refractivity contribution in [3.05, 3.63) is 0 Å². The van der Waals surface area contributed by atoms with E-state index in [1.807, 2.05) is 0 Å². The second-order valence-electron chi connectivity index (χ2n) is 5.86. The van der Waals surface area contributed by atoms with Crippen LogP contribution < -0.4 is 0 Å². The van der Waals surface area contributed by atoms with Crippen LogP contribution in [0.2, 0.25) is 26.2 Å². The molecule has 0 amide bonds. The standard InChI is InChI=1S/C8H20Cl2OSi3/c1-8(2)7(9)13(3,4)12(10)14(5,6)11-8/h7,12H,1-6H3. The fourth-order valence-corrected chi connectivity index (χ4v) is 39.3. The highest BCUT2D eigenvalue weighted by Crippen LogP contribution is 2.41. The Bertz CT molecular complexity index is 221. The minimum absolute atomic E-state index is 0.157. The normalized spacial score (nSPS) is 39.4. The molecule has 0 bridgehead atoms. The average molecular weight is 287 g/mol. The van der Waals surface area contributed by atoms with Gasteiger partial charge < -0.3 is 4.43 Å². The maximum absolute atomic E-state index is 6.68. The molecule has 0 saturated carbocycles. The van der Waals surface area contributed by atoms with E-state index in [4.69, 9.17) is 27.1 Å². The summed E-state index contributed by atoms with van der Waals surface area (Å²) in [5.74, 6) is 0. The molecule has 1 fully saturated rings. The molecule has 1 rings (SSSR count). The van der Waals surface area contributed by atoms with Gasteiger partial charge in [0.15, 0.2) is 15.0 Å². The van der Waals surface area contributed by atoms with Crippen molar-refractivity contribution in [3.8, 4) is 0 Å². The van der Waals surface area contributed by atoms with E-state index in [9.17, 15) is 0 Å². The molecule has 1 heterocycles. The molecular formula is C8H20Cl2OSi3. The second kappa shape index (κ2) is 3.60. The van der Waals surface area contributed by atoms with Crippen molar-refractivity contribution in [1.29, 1.82) is 0 Å². The van der Waals surface area contributed by atoms with Gasteiger partial charge >= 0.3 is 0 Å². The first kappa shape index (κ1) is 13.3. The zero-order valence-electron chi connectivity index (χ0n) is 9.82. The van der Waals surface area contributed by atoms with E-state index in [-0.39, 0.29) is 10.6 Å². The van der Waals surface area contributed by atoms with Crippen LogP contribution in [0.1, 0.15) is 13.8 Å². The lowest BCUT2D eigenvalue weighted by molar-refractivity contribution is 0.116. The molecule has 1 saturated heterocycles. The van der Waals surface area contributed by atoms with Crippen molar-refractivity contribution in [3.63, 3.8) is 0 Å². The zero-order valence-corrected chi connectivity index (χ0v) is 14.5. The summed E-state index contributed by atoms with van der Waals surface area (Å²) in [5.41, 5.74) is -0.175. The monoisotopic (exact) mass is 286 g/mol. The van der Waals surface area contributed by atoms with Crippen molar-refractivity contribution in [2.24, 2.45) is 0 Å². The molecule has 0 aromatic carbocycles. The van der Waals surface area contributed by atoms with Crippen LogP contribution in [-0.4, -0.2) is 33.2 Å². The van der Waals surface area contributed by atoms with Gasteiger partial charge in [-0.3, -0.25) is 0 Å². The van der Waals surface area contributed by atoms with E-state index in [0.29, 0.717) is 0 Å². The summed E-state index contributed by atoms with van der Waals surface area (Å²) in [6, 6.07) is 0. The summed E-state index contributed by atoms with van der Waals surface area (Å²) >= 11 is 13.2. The number of halogens is 2. The fourth-order valence-electron chi connectivity index (χ4n) is 2.70. The van der Waals surface area contributed by atoms with Crippen LogP contribution in [-0.2, 0) is 4.43 Å². The predicted molar refractivity (Wildman–Crippen MR) is 72.8 cm³/mol. The molecule has 1 aliphatic heterocycles. The quantitative estimate of drug-likeness (QED) is 0.378. The zero-order chi connectivity index (χ0) is 11.4. The molecular weight excluding hydrogens is 267 g/mol. The Morgan fingerprint density at radius 3 is 2.07 bits per heavy atom. The van der Waals surface area contributed by atoms with Crippen molar-refractivity contribution in [1.82, 2.24) is 0 Å². The molecule has 1 nitrogen and oxygen atoms in total. The van der Waals surface area contributed by atoms with Crippen LogP contribution in [0.25, 0.3) is 0 Å². The van der Waals surface area contributed by atoms with Gasteiger partial charge in [0.1, 0.15) is 0 Å². The summed E-state index contributed by atoms with van der Waals surface area (Å²) in [7, 11) is -4.34. The van der Waals surface area contributed by atoms with Crippen LogP contribution >= 0.6 is 22.7 Å². The average Bonchev–Trinajstić information content (AvgIpc) is 1.97. The molecule has 1 aliphatic rings. The van der Waals surface area contributed by atoms with Crippen LogP contribution in [0, 0.1) is 0 Å². The van der Waals surface area contributed by atoms with Gasteiger partial charge in [-0.2, -0.15) is 11.1 Å². The first-order valence-corrected chi connectivity index (χ1v) is 16.8. The summed E-state index contributed by atoms with van der Waals surface area (Å²) in [6.07, 6.45) is 0. The Balaban J connectivity index is 3.10. The SMILES string of the molecule is CC1(C)O[Si](C)(C)[SiH](Cl)[Si](C)(C)C1Cl. The molecule has 0 aromatic heterocycles. The Morgan fingerprint density at radius 1 is 1.21 bits per heavy atom. The van der Waals surface area contributed by atoms with Gasteiger partial charge in [-0.25, -0.2) is 0 Å². The molecule has 0 radical (unpaired) electrons. The highest BCUT2D eigenvalue weighted by atomic mass is 35.6. The Labute approximate surface area is 100 Å². The minimum atomic E-state index is -1.62. The van der Waals surface area contributed by atoms with Gasteiger partial charge in [-0.15, -0.1) is 11.6 Å². The van der Waals surface area contributed by atoms with Gasteiger partial charge in [0, 0.05) is 0 Å². The third-order valence-corrected chi connectivity index (χ3v) is 43.2. The van der Waals surface area contributed by atoms with E-state index < -0.39 is 22.6 Å². The molecule has 14 heavy (non-hydrogen) atoms. The van der Waals surface area contributed by atoms with Crippen LogP contribution in [0.15, 0.2) is 0 Å². The van der Waals surface area contributed by atoms with Crippen molar-refractivity contribution in [2.45, 2.75) is 50.6 Å². The number of hydrogen-bond acceptors (Lipinski definition) is 1. The van der Waals surface area contributed by atoms with Gasteiger partial charge in [0.05, 0.1) is 18.2 Å². The van der Waals surface area contributed by atoms with E-state index >= 15 is 0 Å². The smallest absolute Gasteiger partial charge is 0.186 e. The lowest BCUT2D eigenvalue weighted by Crippen LogP contribution is -2.75. The lowest BCUT2D eigenvalue weighted by Gasteiger charge is -2.53. The van der Waals surface area contributed by atoms with Crippen molar-refractivity contribution in [2.75, 3.05) is 0 Å². The summed E-state index contributed by atoms with van der Waals surface area (Å²) in [6.45, 7) is 13.4. The second-order valence-corrected chi connectivity index (χ2v) is 32.4. The Kier molecular flexibility index (Phi) is 3.41. The Morgan fingerprint density at radius 2 is 1.64 bits per heavy atom. The largest absolute Gasteiger partial charge is 0.413 e. The lowest BCUT2D eigenvalue weighted by atomic mass is 10.2. The first-order chi connectivity index (χ1) is 6.02. The van der Waals surface area contributed by atoms with Crippen LogP contribution in [0.3, 0.4) is 0 Å². The molecule has 2 unspecified atom stereocenters. The van der Waals surface area contributed by atoms with E-state index in [1.165, 1.54) is 0 Å². The van der Waals surface area contributed by atoms with Crippen LogP contribution in [0.5, 0.6) is 0 Å². The first-order valence-electron chi connectivity index (χ1n) is 5.00. The van der Waals surface area contributed by atoms with E-state index in [1.54, 1.807) is 0 Å². The van der Waals surface area contributed by atoms with Gasteiger partial charge in [0.2, 0.25) is 0 Å². The molecule has 2 atom stereocenters. The molecule has 84 valence electrons. The van der Waals surface area contributed by atoms with Crippen molar-refractivity contribution >= 4 is 45.2 Å². The maximum Gasteiger partial charge on any atom is 0.186 e. The van der Waals surface area contributed by atoms with Gasteiger partial charge in [-0.1, -0.05) is 13.1 Å². The molecule has 0 N–H and O–H groups in total. The maximum atomic E-state index is 6.68. The molecule has 0 aliphatic carbocycles. The number of alkyl halides is 1. The third-order valence-electron chi connectivity index (χ3n) is 3.05. The van der Waals surface area contributed by atoms with E-state index in [2.05, 4.69) is 40.0 Å². The predicted octanol–water partition coefficient (Wildman–Crippen LogP) is 2.97. The highest BCUT2D eigenvalue weighted by molar-refractivity contribution is 7.74. The third kappa shape index (κ3) is 2.01. The molecule has 0 spiro atoms. The van der Waals surface area contributed by atoms with Gasteiger partial charge in [-0.05, 0) is 26.9 Å². The molecule has 6 heteroatoms. The van der Waals surface area contributed by atoms with Gasteiger partial charge in [0.25, 0.3) is 0 Å². The van der Waals surface area contributed by atoms with Crippen LogP contribution in [0.4, 0.5) is 0 Å². The van der Waals surface area contributed by atoms with Crippen molar-refractivity contribution < 1.29 is 4.43 Å². The minimum Gasteiger partial charge on any atom is -0.413 e. The number of hydrogen-bond donors (Lipinski definition) is 0. The topological polar surface area (TPSA) is 9.23 Å². The Hall–Kier alpha value is 1.19. The van der Waals surface area contributed by atoms with E-state index in [0.717, 1.165) is 0 Å². The highest BCUT2D eigenvalue weighted by Gasteiger charge is 2.59. The summed E-state index contributed by atoms with van der Waals surface area (Å²) in [5, 5.41) is 0.157. The fraction of sp³-hybridized carbons (Fsp3) is 1.00. The summed E-state index contributed by atoms with van der Waals surface area (Å²) < 4.78 is 6.19.